The van der Waals surface area contributed by atoms with Gasteiger partial charge in [-0.15, -0.1) is 0 Å². The Labute approximate surface area is 208 Å². The van der Waals surface area contributed by atoms with Crippen LogP contribution in [0.4, 0.5) is 35.0 Å². The average molecular weight is 508 g/mol. The van der Waals surface area contributed by atoms with Crippen LogP contribution in [0.5, 0.6) is 0 Å². The molecular formula is C25H33F4N7. The van der Waals surface area contributed by atoms with Gasteiger partial charge in [-0.2, -0.15) is 23.1 Å². The Morgan fingerprint density at radius 3 is 2.58 bits per heavy atom. The largest absolute Gasteiger partial charge is 0.419 e. The molecule has 4 rings (SSSR count). The van der Waals surface area contributed by atoms with Gasteiger partial charge in [0.25, 0.3) is 5.95 Å². The third-order valence-corrected chi connectivity index (χ3v) is 6.83. The SMILES string of the molecule is CCN1CCCC(Nc2cc(C)nc(/N=C(\N)N(c3ccc(C(F)(F)F)c(F)c3)C3CCCC3)n2)C1. The van der Waals surface area contributed by atoms with Gasteiger partial charge in [0.1, 0.15) is 11.6 Å². The van der Waals surface area contributed by atoms with Crippen LogP contribution >= 0.6 is 0 Å². The van der Waals surface area contributed by atoms with E-state index < -0.39 is 17.6 Å². The highest BCUT2D eigenvalue weighted by molar-refractivity contribution is 5.96. The zero-order valence-corrected chi connectivity index (χ0v) is 20.7. The quantitative estimate of drug-likeness (QED) is 0.316. The Balaban J connectivity index is 1.61. The fraction of sp³-hybridized carbons (Fsp3) is 0.560. The zero-order valence-electron chi connectivity index (χ0n) is 20.7. The predicted octanol–water partition coefficient (Wildman–Crippen LogP) is 5.23. The number of piperidine rings is 1. The summed E-state index contributed by atoms with van der Waals surface area (Å²) in [4.78, 5) is 17.3. The number of benzene rings is 1. The van der Waals surface area contributed by atoms with Gasteiger partial charge < -0.3 is 20.9 Å². The first-order valence-electron chi connectivity index (χ1n) is 12.5. The molecule has 1 aromatic carbocycles. The molecule has 196 valence electrons. The van der Waals surface area contributed by atoms with Crippen LogP contribution in [0.25, 0.3) is 0 Å². The van der Waals surface area contributed by atoms with Crippen LogP contribution in [-0.2, 0) is 6.18 Å². The minimum Gasteiger partial charge on any atom is -0.369 e. The number of nitrogens with two attached hydrogens (primary N) is 1. The van der Waals surface area contributed by atoms with Gasteiger partial charge in [-0.3, -0.25) is 0 Å². The average Bonchev–Trinajstić information content (AvgIpc) is 3.32. The molecule has 1 atom stereocenters. The monoisotopic (exact) mass is 507 g/mol. The van der Waals surface area contributed by atoms with Gasteiger partial charge in [-0.25, -0.2) is 9.37 Å². The highest BCUT2D eigenvalue weighted by atomic mass is 19.4. The number of likely N-dealkylation sites (tertiary alicyclic amines) is 1. The number of nitrogens with one attached hydrogen (secondary N) is 1. The third-order valence-electron chi connectivity index (χ3n) is 6.83. The van der Waals surface area contributed by atoms with Crippen molar-refractivity contribution < 1.29 is 17.6 Å². The number of aliphatic imine (C=N–C) groups is 1. The molecule has 0 amide bonds. The molecule has 0 bridgehead atoms. The molecule has 0 radical (unpaired) electrons. The maximum atomic E-state index is 14.4. The van der Waals surface area contributed by atoms with Crippen molar-refractivity contribution in [2.45, 2.75) is 70.6 Å². The van der Waals surface area contributed by atoms with E-state index in [1.54, 1.807) is 4.90 Å². The van der Waals surface area contributed by atoms with Gasteiger partial charge in [0.2, 0.25) is 5.96 Å². The molecule has 3 N–H and O–H groups in total. The van der Waals surface area contributed by atoms with Crippen molar-refractivity contribution in [3.63, 3.8) is 0 Å². The van der Waals surface area contributed by atoms with Crippen LogP contribution in [0.1, 0.15) is 56.7 Å². The van der Waals surface area contributed by atoms with Crippen LogP contribution in [0.3, 0.4) is 0 Å². The van der Waals surface area contributed by atoms with Crippen molar-refractivity contribution >= 4 is 23.4 Å². The molecule has 36 heavy (non-hydrogen) atoms. The summed E-state index contributed by atoms with van der Waals surface area (Å²) < 4.78 is 53.7. The normalized spacial score (nSPS) is 20.1. The lowest BCUT2D eigenvalue weighted by Gasteiger charge is -2.32. The summed E-state index contributed by atoms with van der Waals surface area (Å²) in [5.41, 5.74) is 6.00. The fourth-order valence-corrected chi connectivity index (χ4v) is 5.08. The van der Waals surface area contributed by atoms with E-state index in [1.165, 1.54) is 6.07 Å². The topological polar surface area (TPSA) is 82.7 Å². The molecule has 7 nitrogen and oxygen atoms in total. The second-order valence-electron chi connectivity index (χ2n) is 9.51. The summed E-state index contributed by atoms with van der Waals surface area (Å²) in [6.45, 7) is 6.99. The molecule has 2 heterocycles. The predicted molar refractivity (Wildman–Crippen MR) is 133 cm³/mol. The van der Waals surface area contributed by atoms with Gasteiger partial charge in [0.15, 0.2) is 0 Å². The van der Waals surface area contributed by atoms with E-state index in [2.05, 4.69) is 32.1 Å². The van der Waals surface area contributed by atoms with Crippen LogP contribution in [0, 0.1) is 12.7 Å². The Morgan fingerprint density at radius 1 is 1.17 bits per heavy atom. The highest BCUT2D eigenvalue weighted by Crippen LogP contribution is 2.35. The number of aromatic nitrogens is 2. The van der Waals surface area contributed by atoms with Crippen LogP contribution in [0.2, 0.25) is 0 Å². The number of guanidine groups is 1. The molecule has 1 aliphatic heterocycles. The van der Waals surface area contributed by atoms with Crippen molar-refractivity contribution in [2.24, 2.45) is 10.7 Å². The number of likely N-dealkylation sites (N-methyl/N-ethyl adjacent to an activating group) is 1. The summed E-state index contributed by atoms with van der Waals surface area (Å²) >= 11 is 0. The number of halogens is 4. The molecule has 2 aliphatic rings. The lowest BCUT2D eigenvalue weighted by Crippen LogP contribution is -2.44. The van der Waals surface area contributed by atoms with E-state index in [0.29, 0.717) is 11.5 Å². The van der Waals surface area contributed by atoms with E-state index in [-0.39, 0.29) is 29.7 Å². The smallest absolute Gasteiger partial charge is 0.369 e. The summed E-state index contributed by atoms with van der Waals surface area (Å²) in [7, 11) is 0. The minimum atomic E-state index is -4.77. The van der Waals surface area contributed by atoms with Gasteiger partial charge in [0.05, 0.1) is 5.56 Å². The Hall–Kier alpha value is -2.95. The molecular weight excluding hydrogens is 474 g/mol. The number of nitrogens with zero attached hydrogens (tertiary/aromatic N) is 5. The number of hydrogen-bond donors (Lipinski definition) is 2. The van der Waals surface area contributed by atoms with Gasteiger partial charge in [-0.1, -0.05) is 19.8 Å². The first kappa shape index (κ1) is 26.1. The van der Waals surface area contributed by atoms with E-state index in [1.807, 2.05) is 13.0 Å². The second kappa shape index (κ2) is 11.0. The number of rotatable bonds is 6. The first-order chi connectivity index (χ1) is 17.1. The van der Waals surface area contributed by atoms with Crippen molar-refractivity contribution in [1.82, 2.24) is 14.9 Å². The zero-order chi connectivity index (χ0) is 25.9. The maximum Gasteiger partial charge on any atom is 0.419 e. The van der Waals surface area contributed by atoms with E-state index in [9.17, 15) is 17.6 Å². The van der Waals surface area contributed by atoms with Crippen LogP contribution in [0.15, 0.2) is 29.3 Å². The summed E-state index contributed by atoms with van der Waals surface area (Å²) in [6.07, 6.45) is 0.811. The Bertz CT molecular complexity index is 1080. The van der Waals surface area contributed by atoms with Crippen molar-refractivity contribution in [1.29, 1.82) is 0 Å². The molecule has 0 spiro atoms. The molecule has 2 aromatic rings. The lowest BCUT2D eigenvalue weighted by atomic mass is 10.1. The van der Waals surface area contributed by atoms with Crippen LogP contribution in [-0.4, -0.2) is 52.5 Å². The Morgan fingerprint density at radius 2 is 1.92 bits per heavy atom. The van der Waals surface area contributed by atoms with E-state index in [4.69, 9.17) is 5.73 Å². The molecule has 1 unspecified atom stereocenters. The van der Waals surface area contributed by atoms with Gasteiger partial charge >= 0.3 is 6.18 Å². The number of aryl methyl sites for hydroxylation is 1. The molecule has 1 aromatic heterocycles. The second-order valence-corrected chi connectivity index (χ2v) is 9.51. The van der Waals surface area contributed by atoms with Crippen molar-refractivity contribution in [3.05, 3.63) is 41.3 Å². The first-order valence-corrected chi connectivity index (χ1v) is 12.5. The molecule has 2 fully saturated rings. The highest BCUT2D eigenvalue weighted by Gasteiger charge is 2.35. The molecule has 1 saturated carbocycles. The fourth-order valence-electron chi connectivity index (χ4n) is 5.08. The lowest BCUT2D eigenvalue weighted by molar-refractivity contribution is -0.139. The van der Waals surface area contributed by atoms with Crippen LogP contribution < -0.4 is 16.0 Å². The van der Waals surface area contributed by atoms with E-state index in [0.717, 1.165) is 70.3 Å². The Kier molecular flexibility index (Phi) is 7.97. The number of hydrogen-bond acceptors (Lipinski definition) is 5. The van der Waals surface area contributed by atoms with Crippen molar-refractivity contribution in [3.8, 4) is 0 Å². The minimum absolute atomic E-state index is 0.0208. The summed E-state index contributed by atoms with van der Waals surface area (Å²) in [5.74, 6) is -0.534. The van der Waals surface area contributed by atoms with E-state index >= 15 is 0 Å². The van der Waals surface area contributed by atoms with Gasteiger partial charge in [0, 0.05) is 36.1 Å². The summed E-state index contributed by atoms with van der Waals surface area (Å²) in [5, 5.41) is 3.47. The standard InChI is InChI=1S/C25H33F4N7/c1-3-35-12-6-7-17(15-35)32-22-13-16(2)31-24(33-22)34-23(30)36(18-8-4-5-9-18)19-10-11-20(21(26)14-19)25(27,28)29/h10-11,13-14,17-18H,3-9,12,15H2,1-2H3,(H3,30,31,32,33,34). The molecule has 1 aliphatic carbocycles. The summed E-state index contributed by atoms with van der Waals surface area (Å²) in [6, 6.07) is 4.85. The third kappa shape index (κ3) is 6.24. The molecule has 11 heteroatoms. The number of alkyl halides is 3. The van der Waals surface area contributed by atoms with Gasteiger partial charge in [-0.05, 0) is 63.9 Å². The van der Waals surface area contributed by atoms with Crippen molar-refractivity contribution in [2.75, 3.05) is 29.9 Å². The number of anilines is 2. The maximum absolute atomic E-state index is 14.4. The molecule has 1 saturated heterocycles.